The van der Waals surface area contributed by atoms with E-state index in [-0.39, 0.29) is 12.1 Å². The van der Waals surface area contributed by atoms with E-state index in [0.29, 0.717) is 6.61 Å². The van der Waals surface area contributed by atoms with Gasteiger partial charge < -0.3 is 15.0 Å². The van der Waals surface area contributed by atoms with Gasteiger partial charge in [-0.15, -0.1) is 0 Å². The summed E-state index contributed by atoms with van der Waals surface area (Å²) in [5.74, 6) is 0. The Morgan fingerprint density at radius 2 is 2.22 bits per heavy atom. The Hall–Kier alpha value is -1.55. The van der Waals surface area contributed by atoms with Crippen molar-refractivity contribution >= 4 is 6.09 Å². The fourth-order valence-corrected chi connectivity index (χ4v) is 2.33. The molecule has 0 saturated carbocycles. The molecule has 2 rings (SSSR count). The summed E-state index contributed by atoms with van der Waals surface area (Å²) in [4.78, 5) is 13.8. The Morgan fingerprint density at radius 1 is 1.44 bits per heavy atom. The van der Waals surface area contributed by atoms with Crippen LogP contribution in [0.25, 0.3) is 0 Å². The van der Waals surface area contributed by atoms with Gasteiger partial charge in [-0.25, -0.2) is 4.79 Å². The van der Waals surface area contributed by atoms with E-state index in [1.165, 1.54) is 0 Å². The topological polar surface area (TPSA) is 41.6 Å². The molecule has 18 heavy (non-hydrogen) atoms. The molecule has 1 fully saturated rings. The van der Waals surface area contributed by atoms with E-state index in [0.717, 1.165) is 31.5 Å². The minimum atomic E-state index is -0.198. The third-order valence-electron chi connectivity index (χ3n) is 3.26. The summed E-state index contributed by atoms with van der Waals surface area (Å²) >= 11 is 0. The number of rotatable bonds is 4. The summed E-state index contributed by atoms with van der Waals surface area (Å²) < 4.78 is 5.35. The number of benzene rings is 1. The van der Waals surface area contributed by atoms with Crippen molar-refractivity contribution in [2.45, 2.75) is 25.5 Å². The fourth-order valence-electron chi connectivity index (χ4n) is 2.33. The van der Waals surface area contributed by atoms with Gasteiger partial charge in [-0.1, -0.05) is 30.3 Å². The monoisotopic (exact) mass is 248 g/mol. The second kappa shape index (κ2) is 6.40. The predicted molar refractivity (Wildman–Crippen MR) is 70.3 cm³/mol. The number of carbonyl (C=O) groups excluding carboxylic acids is 1. The lowest BCUT2D eigenvalue weighted by atomic mass is 10.2. The van der Waals surface area contributed by atoms with Gasteiger partial charge in [0.15, 0.2) is 0 Å². The van der Waals surface area contributed by atoms with E-state index >= 15 is 0 Å². The molecule has 4 heteroatoms. The number of amides is 1. The van der Waals surface area contributed by atoms with Crippen molar-refractivity contribution in [1.29, 1.82) is 0 Å². The van der Waals surface area contributed by atoms with Crippen LogP contribution < -0.4 is 5.32 Å². The first-order chi connectivity index (χ1) is 8.81. The molecule has 0 aliphatic carbocycles. The van der Waals surface area contributed by atoms with Crippen molar-refractivity contribution in [1.82, 2.24) is 10.2 Å². The van der Waals surface area contributed by atoms with Crippen LogP contribution in [0, 0.1) is 0 Å². The SMILES string of the molecule is CNCC1CCCN1C(=O)OCc1ccccc1. The summed E-state index contributed by atoms with van der Waals surface area (Å²) in [6.45, 7) is 1.99. The molecule has 1 N–H and O–H groups in total. The summed E-state index contributed by atoms with van der Waals surface area (Å²) in [5.41, 5.74) is 1.02. The molecule has 1 amide bonds. The van der Waals surface area contributed by atoms with E-state index in [9.17, 15) is 4.79 Å². The smallest absolute Gasteiger partial charge is 0.410 e. The van der Waals surface area contributed by atoms with Gasteiger partial charge in [-0.3, -0.25) is 0 Å². The second-order valence-electron chi connectivity index (χ2n) is 4.59. The van der Waals surface area contributed by atoms with E-state index in [4.69, 9.17) is 4.74 Å². The Morgan fingerprint density at radius 3 is 2.94 bits per heavy atom. The molecule has 98 valence electrons. The number of nitrogens with one attached hydrogen (secondary N) is 1. The number of likely N-dealkylation sites (N-methyl/N-ethyl adjacent to an activating group) is 1. The zero-order valence-corrected chi connectivity index (χ0v) is 10.8. The van der Waals surface area contributed by atoms with E-state index < -0.39 is 0 Å². The van der Waals surface area contributed by atoms with Crippen LogP contribution in [0.3, 0.4) is 0 Å². The van der Waals surface area contributed by atoms with Crippen LogP contribution in [0.15, 0.2) is 30.3 Å². The highest BCUT2D eigenvalue weighted by atomic mass is 16.6. The first kappa shape index (κ1) is 12.9. The molecule has 1 aliphatic rings. The Kier molecular flexibility index (Phi) is 4.59. The molecule has 1 aromatic rings. The van der Waals surface area contributed by atoms with Gasteiger partial charge in [0.1, 0.15) is 6.61 Å². The molecule has 0 bridgehead atoms. The molecule has 0 spiro atoms. The number of likely N-dealkylation sites (tertiary alicyclic amines) is 1. The van der Waals surface area contributed by atoms with Gasteiger partial charge in [-0.2, -0.15) is 0 Å². The lowest BCUT2D eigenvalue weighted by Gasteiger charge is -2.23. The molecular formula is C14H20N2O2. The van der Waals surface area contributed by atoms with Crippen molar-refractivity contribution in [3.05, 3.63) is 35.9 Å². The standard InChI is InChI=1S/C14H20N2O2/c1-15-10-13-8-5-9-16(13)14(17)18-11-12-6-3-2-4-7-12/h2-4,6-7,13,15H,5,8-11H2,1H3. The van der Waals surface area contributed by atoms with E-state index in [2.05, 4.69) is 5.32 Å². The highest BCUT2D eigenvalue weighted by molar-refractivity contribution is 5.68. The molecule has 1 aromatic carbocycles. The summed E-state index contributed by atoms with van der Waals surface area (Å²) in [5, 5.41) is 3.12. The van der Waals surface area contributed by atoms with Crippen LogP contribution in [0.1, 0.15) is 18.4 Å². The number of hydrogen-bond acceptors (Lipinski definition) is 3. The molecule has 0 radical (unpaired) electrons. The molecule has 1 heterocycles. The average molecular weight is 248 g/mol. The van der Waals surface area contributed by atoms with Gasteiger partial charge in [-0.05, 0) is 25.5 Å². The summed E-state index contributed by atoms with van der Waals surface area (Å²) in [7, 11) is 1.91. The zero-order valence-electron chi connectivity index (χ0n) is 10.8. The fraction of sp³-hybridized carbons (Fsp3) is 0.500. The van der Waals surface area contributed by atoms with Gasteiger partial charge in [0, 0.05) is 19.1 Å². The maximum absolute atomic E-state index is 12.0. The van der Waals surface area contributed by atoms with Gasteiger partial charge in [0.05, 0.1) is 0 Å². The van der Waals surface area contributed by atoms with Crippen molar-refractivity contribution < 1.29 is 9.53 Å². The van der Waals surface area contributed by atoms with E-state index in [1.54, 1.807) is 0 Å². The van der Waals surface area contributed by atoms with Gasteiger partial charge >= 0.3 is 6.09 Å². The van der Waals surface area contributed by atoms with Gasteiger partial charge in [0.25, 0.3) is 0 Å². The number of ether oxygens (including phenoxy) is 1. The third kappa shape index (κ3) is 3.23. The average Bonchev–Trinajstić information content (AvgIpc) is 2.86. The quantitative estimate of drug-likeness (QED) is 0.886. The van der Waals surface area contributed by atoms with Crippen molar-refractivity contribution in [2.24, 2.45) is 0 Å². The Bertz CT molecular complexity index is 381. The first-order valence-electron chi connectivity index (χ1n) is 6.43. The second-order valence-corrected chi connectivity index (χ2v) is 4.59. The highest BCUT2D eigenvalue weighted by Gasteiger charge is 2.29. The number of nitrogens with zero attached hydrogens (tertiary/aromatic N) is 1. The lowest BCUT2D eigenvalue weighted by molar-refractivity contribution is 0.0922. The van der Waals surface area contributed by atoms with Crippen LogP contribution in [0.2, 0.25) is 0 Å². The highest BCUT2D eigenvalue weighted by Crippen LogP contribution is 2.18. The van der Waals surface area contributed by atoms with Crippen molar-refractivity contribution in [3.63, 3.8) is 0 Å². The molecule has 1 saturated heterocycles. The largest absolute Gasteiger partial charge is 0.445 e. The number of hydrogen-bond donors (Lipinski definition) is 1. The zero-order chi connectivity index (χ0) is 12.8. The molecule has 1 unspecified atom stereocenters. The van der Waals surface area contributed by atoms with Crippen LogP contribution in [-0.4, -0.2) is 37.2 Å². The maximum Gasteiger partial charge on any atom is 0.410 e. The third-order valence-corrected chi connectivity index (χ3v) is 3.26. The van der Waals surface area contributed by atoms with Crippen LogP contribution in [0.5, 0.6) is 0 Å². The molecule has 0 aromatic heterocycles. The van der Waals surface area contributed by atoms with Crippen LogP contribution in [0.4, 0.5) is 4.79 Å². The van der Waals surface area contributed by atoms with Crippen molar-refractivity contribution in [3.8, 4) is 0 Å². The summed E-state index contributed by atoms with van der Waals surface area (Å²) in [6.07, 6.45) is 1.92. The number of carbonyl (C=O) groups is 1. The minimum Gasteiger partial charge on any atom is -0.445 e. The first-order valence-corrected chi connectivity index (χ1v) is 6.43. The summed E-state index contributed by atoms with van der Waals surface area (Å²) in [6, 6.07) is 10.0. The predicted octanol–water partition coefficient (Wildman–Crippen LogP) is 2.01. The van der Waals surface area contributed by atoms with Crippen molar-refractivity contribution in [2.75, 3.05) is 20.1 Å². The van der Waals surface area contributed by atoms with E-state index in [1.807, 2.05) is 42.3 Å². The van der Waals surface area contributed by atoms with Crippen LogP contribution >= 0.6 is 0 Å². The van der Waals surface area contributed by atoms with Crippen LogP contribution in [-0.2, 0) is 11.3 Å². The molecule has 4 nitrogen and oxygen atoms in total. The lowest BCUT2D eigenvalue weighted by Crippen LogP contribution is -2.41. The van der Waals surface area contributed by atoms with Gasteiger partial charge in [0.2, 0.25) is 0 Å². The Labute approximate surface area is 108 Å². The Balaban J connectivity index is 1.84. The maximum atomic E-state index is 12.0. The molecule has 1 aliphatic heterocycles. The molecular weight excluding hydrogens is 228 g/mol. The molecule has 1 atom stereocenters. The normalized spacial score (nSPS) is 18.9. The minimum absolute atomic E-state index is 0.198.